The molecule has 172 valence electrons. The monoisotopic (exact) mass is 571 g/mol. The van der Waals surface area contributed by atoms with E-state index in [1.54, 1.807) is 7.11 Å². The van der Waals surface area contributed by atoms with Gasteiger partial charge in [-0.2, -0.15) is 0 Å². The number of aliphatic hydroxyl groups is 1. The zero-order valence-electron chi connectivity index (χ0n) is 18.5. The summed E-state index contributed by atoms with van der Waals surface area (Å²) in [5.41, 5.74) is 3.43. The van der Waals surface area contributed by atoms with Crippen molar-refractivity contribution >= 4 is 59.4 Å². The van der Waals surface area contributed by atoms with Crippen LogP contribution in [0, 0.1) is 0 Å². The zero-order valence-corrected chi connectivity index (χ0v) is 21.7. The minimum atomic E-state index is -0.450. The smallest absolute Gasteiger partial charge is 0.142 e. The van der Waals surface area contributed by atoms with Crippen LogP contribution in [0.4, 0.5) is 5.69 Å². The summed E-state index contributed by atoms with van der Waals surface area (Å²) in [5, 5.41) is 13.4. The second-order valence-corrected chi connectivity index (χ2v) is 10.4. The molecule has 1 aliphatic rings. The van der Waals surface area contributed by atoms with Gasteiger partial charge in [0.1, 0.15) is 5.75 Å². The third kappa shape index (κ3) is 4.64. The van der Waals surface area contributed by atoms with Gasteiger partial charge in [0.15, 0.2) is 0 Å². The van der Waals surface area contributed by atoms with Crippen LogP contribution < -0.4 is 9.64 Å². The molecule has 0 spiro atoms. The molecule has 3 aromatic carbocycles. The fourth-order valence-corrected chi connectivity index (χ4v) is 5.60. The van der Waals surface area contributed by atoms with Crippen molar-refractivity contribution in [1.29, 1.82) is 0 Å². The lowest BCUT2D eigenvalue weighted by molar-refractivity contribution is 0.0968. The highest BCUT2D eigenvalue weighted by Crippen LogP contribution is 2.33. The van der Waals surface area contributed by atoms with E-state index < -0.39 is 6.10 Å². The number of aliphatic hydroxyl groups excluding tert-OH is 1. The molecule has 0 aliphatic carbocycles. The number of benzene rings is 3. The summed E-state index contributed by atoms with van der Waals surface area (Å²) in [6, 6.07) is 20.9. The van der Waals surface area contributed by atoms with E-state index in [4.69, 9.17) is 4.74 Å². The maximum absolute atomic E-state index is 11.1. The number of rotatable bonds is 6. The lowest BCUT2D eigenvalue weighted by Gasteiger charge is -2.37. The van der Waals surface area contributed by atoms with Crippen LogP contribution in [0.3, 0.4) is 0 Å². The molecule has 4 aromatic rings. The molecule has 1 aliphatic heterocycles. The Bertz CT molecular complexity index is 1220. The average molecular weight is 573 g/mol. The Hall–Kier alpha value is -2.06. The molecule has 0 amide bonds. The first-order chi connectivity index (χ1) is 16.0. The first-order valence-corrected chi connectivity index (χ1v) is 12.8. The van der Waals surface area contributed by atoms with Crippen molar-refractivity contribution in [1.82, 2.24) is 9.47 Å². The number of ether oxygens (including phenoxy) is 1. The number of hydrogen-bond acceptors (Lipinski definition) is 4. The van der Waals surface area contributed by atoms with Crippen LogP contribution in [-0.4, -0.2) is 60.5 Å². The Morgan fingerprint density at radius 3 is 2.06 bits per heavy atom. The minimum Gasteiger partial charge on any atom is -0.495 e. The third-order valence-electron chi connectivity index (χ3n) is 6.45. The average Bonchev–Trinajstić information content (AvgIpc) is 3.11. The first kappa shape index (κ1) is 22.7. The molecule has 1 saturated heterocycles. The Balaban J connectivity index is 1.29. The highest BCUT2D eigenvalue weighted by Gasteiger charge is 2.22. The summed E-state index contributed by atoms with van der Waals surface area (Å²) < 4.78 is 9.89. The number of piperazine rings is 1. The number of halogens is 2. The minimum absolute atomic E-state index is 0.450. The van der Waals surface area contributed by atoms with E-state index in [0.29, 0.717) is 13.1 Å². The quantitative estimate of drug-likeness (QED) is 0.331. The van der Waals surface area contributed by atoms with Crippen molar-refractivity contribution in [3.63, 3.8) is 0 Å². The van der Waals surface area contributed by atoms with E-state index in [2.05, 4.69) is 94.8 Å². The Morgan fingerprint density at radius 2 is 1.45 bits per heavy atom. The van der Waals surface area contributed by atoms with Gasteiger partial charge in [-0.15, -0.1) is 0 Å². The summed E-state index contributed by atoms with van der Waals surface area (Å²) in [5.74, 6) is 0.913. The van der Waals surface area contributed by atoms with Gasteiger partial charge < -0.3 is 19.3 Å². The topological polar surface area (TPSA) is 40.9 Å². The number of fused-ring (bicyclic) bond motifs is 3. The largest absolute Gasteiger partial charge is 0.495 e. The van der Waals surface area contributed by atoms with Gasteiger partial charge in [0, 0.05) is 63.5 Å². The van der Waals surface area contributed by atoms with Gasteiger partial charge >= 0.3 is 0 Å². The third-order valence-corrected chi connectivity index (χ3v) is 7.44. The molecule has 1 N–H and O–H groups in total. The van der Waals surface area contributed by atoms with Gasteiger partial charge in [-0.1, -0.05) is 44.0 Å². The van der Waals surface area contributed by atoms with Crippen molar-refractivity contribution in [2.75, 3.05) is 44.7 Å². The van der Waals surface area contributed by atoms with Crippen LogP contribution >= 0.6 is 31.9 Å². The van der Waals surface area contributed by atoms with Gasteiger partial charge in [-0.3, -0.25) is 4.90 Å². The normalized spacial score (nSPS) is 15.9. The number of anilines is 1. The molecule has 5 nitrogen and oxygen atoms in total. The molecule has 0 saturated carbocycles. The fraction of sp³-hybridized carbons (Fsp3) is 0.308. The van der Waals surface area contributed by atoms with Crippen molar-refractivity contribution < 1.29 is 9.84 Å². The van der Waals surface area contributed by atoms with Crippen molar-refractivity contribution in [2.24, 2.45) is 0 Å². The van der Waals surface area contributed by atoms with Gasteiger partial charge in [0.25, 0.3) is 0 Å². The van der Waals surface area contributed by atoms with E-state index in [1.807, 2.05) is 12.1 Å². The highest BCUT2D eigenvalue weighted by atomic mass is 79.9. The lowest BCUT2D eigenvalue weighted by atomic mass is 10.2. The van der Waals surface area contributed by atoms with Gasteiger partial charge in [-0.05, 0) is 48.5 Å². The second-order valence-electron chi connectivity index (χ2n) is 8.55. The lowest BCUT2D eigenvalue weighted by Crippen LogP contribution is -2.49. The molecule has 1 fully saturated rings. The maximum Gasteiger partial charge on any atom is 0.142 e. The Labute approximate surface area is 210 Å². The van der Waals surface area contributed by atoms with Crippen LogP contribution in [0.25, 0.3) is 21.8 Å². The molecule has 0 bridgehead atoms. The predicted octanol–water partition coefficient (Wildman–Crippen LogP) is 5.51. The summed E-state index contributed by atoms with van der Waals surface area (Å²) in [4.78, 5) is 4.72. The SMILES string of the molecule is COc1ccccc1N1CCN(C[C@H](O)Cn2c3ccc(Br)cc3c3cc(Br)ccc32)CC1. The molecule has 2 heterocycles. The molecule has 7 heteroatoms. The number of aromatic nitrogens is 1. The van der Waals surface area contributed by atoms with E-state index in [1.165, 1.54) is 10.8 Å². The molecular formula is C26H27Br2N3O2. The highest BCUT2D eigenvalue weighted by molar-refractivity contribution is 9.10. The van der Waals surface area contributed by atoms with E-state index in [0.717, 1.165) is 57.6 Å². The summed E-state index contributed by atoms with van der Waals surface area (Å²) in [6.07, 6.45) is -0.450. The van der Waals surface area contributed by atoms with Crippen LogP contribution in [-0.2, 0) is 6.54 Å². The van der Waals surface area contributed by atoms with Crippen molar-refractivity contribution in [3.05, 3.63) is 69.6 Å². The molecule has 0 unspecified atom stereocenters. The van der Waals surface area contributed by atoms with Crippen LogP contribution in [0.5, 0.6) is 5.75 Å². The zero-order chi connectivity index (χ0) is 22.9. The summed E-state index contributed by atoms with van der Waals surface area (Å²) in [6.45, 7) is 4.91. The summed E-state index contributed by atoms with van der Waals surface area (Å²) in [7, 11) is 1.72. The number of para-hydroxylation sites is 2. The molecule has 33 heavy (non-hydrogen) atoms. The van der Waals surface area contributed by atoms with Gasteiger partial charge in [0.2, 0.25) is 0 Å². The number of nitrogens with zero attached hydrogens (tertiary/aromatic N) is 3. The molecule has 1 aromatic heterocycles. The molecular weight excluding hydrogens is 546 g/mol. The van der Waals surface area contributed by atoms with E-state index in [9.17, 15) is 5.11 Å². The number of methoxy groups -OCH3 is 1. The first-order valence-electron chi connectivity index (χ1n) is 11.2. The Morgan fingerprint density at radius 1 is 0.848 bits per heavy atom. The van der Waals surface area contributed by atoms with Crippen LogP contribution in [0.15, 0.2) is 69.6 Å². The van der Waals surface area contributed by atoms with Gasteiger partial charge in [0.05, 0.1) is 25.4 Å². The molecule has 0 radical (unpaired) electrons. The number of hydrogen-bond donors (Lipinski definition) is 1. The predicted molar refractivity (Wildman–Crippen MR) is 142 cm³/mol. The van der Waals surface area contributed by atoms with E-state index in [-0.39, 0.29) is 0 Å². The standard InChI is InChI=1S/C26H27Br2N3O2/c1-33-26-5-3-2-4-25(26)30-12-10-29(11-13-30)16-20(32)17-31-23-8-6-18(27)14-21(23)22-15-19(28)7-9-24(22)31/h2-9,14-15,20,32H,10-13,16-17H2,1H3/t20-/m0/s1. The van der Waals surface area contributed by atoms with Crippen LogP contribution in [0.1, 0.15) is 0 Å². The number of β-amino-alcohol motifs (C(OH)–C–C–N with tert-alkyl or cyclic N) is 1. The van der Waals surface area contributed by atoms with Crippen molar-refractivity contribution in [2.45, 2.75) is 12.6 Å². The Kier molecular flexibility index (Phi) is 6.65. The van der Waals surface area contributed by atoms with Crippen LogP contribution in [0.2, 0.25) is 0 Å². The molecule has 1 atom stereocenters. The fourth-order valence-electron chi connectivity index (χ4n) is 4.87. The maximum atomic E-state index is 11.1. The van der Waals surface area contributed by atoms with Crippen molar-refractivity contribution in [3.8, 4) is 5.75 Å². The molecule has 5 rings (SSSR count). The summed E-state index contributed by atoms with van der Waals surface area (Å²) >= 11 is 7.21. The second kappa shape index (κ2) is 9.66. The van der Waals surface area contributed by atoms with Gasteiger partial charge in [-0.25, -0.2) is 0 Å². The van der Waals surface area contributed by atoms with E-state index >= 15 is 0 Å².